The van der Waals surface area contributed by atoms with E-state index in [4.69, 9.17) is 5.73 Å². The molecule has 5 nitrogen and oxygen atoms in total. The molecule has 1 rings (SSSR count). The Morgan fingerprint density at radius 1 is 1.12 bits per heavy atom. The smallest absolute Gasteiger partial charge is 0.310 e. The SMILES string of the molecule is COC(=O)Cc1ccc(N)c(CC(=O)OC)c1. The van der Waals surface area contributed by atoms with E-state index < -0.39 is 0 Å². The van der Waals surface area contributed by atoms with E-state index in [1.54, 1.807) is 18.2 Å². The third-order valence-corrected chi connectivity index (χ3v) is 2.35. The molecule has 0 fully saturated rings. The molecule has 0 atom stereocenters. The Kier molecular flexibility index (Phi) is 4.51. The summed E-state index contributed by atoms with van der Waals surface area (Å²) in [5.41, 5.74) is 7.64. The lowest BCUT2D eigenvalue weighted by Crippen LogP contribution is -2.09. The summed E-state index contributed by atoms with van der Waals surface area (Å²) in [6.45, 7) is 0. The third-order valence-electron chi connectivity index (χ3n) is 2.35. The topological polar surface area (TPSA) is 78.6 Å². The minimum atomic E-state index is -0.369. The van der Waals surface area contributed by atoms with Gasteiger partial charge in [0.05, 0.1) is 27.1 Å². The minimum absolute atomic E-state index is 0.0946. The Hall–Kier alpha value is -2.04. The second kappa shape index (κ2) is 5.89. The monoisotopic (exact) mass is 237 g/mol. The average Bonchev–Trinajstić information content (AvgIpc) is 2.33. The summed E-state index contributed by atoms with van der Waals surface area (Å²) < 4.78 is 9.13. The summed E-state index contributed by atoms with van der Waals surface area (Å²) in [4.78, 5) is 22.3. The van der Waals surface area contributed by atoms with Gasteiger partial charge in [-0.1, -0.05) is 12.1 Å². The summed E-state index contributed by atoms with van der Waals surface area (Å²) >= 11 is 0. The maximum absolute atomic E-state index is 11.2. The van der Waals surface area contributed by atoms with Gasteiger partial charge in [-0.3, -0.25) is 9.59 Å². The molecule has 0 unspecified atom stereocenters. The van der Waals surface area contributed by atoms with E-state index in [-0.39, 0.29) is 24.8 Å². The van der Waals surface area contributed by atoms with Crippen molar-refractivity contribution in [2.45, 2.75) is 12.8 Å². The molecule has 92 valence electrons. The predicted molar refractivity (Wildman–Crippen MR) is 62.3 cm³/mol. The highest BCUT2D eigenvalue weighted by Gasteiger charge is 2.09. The van der Waals surface area contributed by atoms with Crippen LogP contribution in [0, 0.1) is 0 Å². The van der Waals surface area contributed by atoms with Gasteiger partial charge in [-0.05, 0) is 17.2 Å². The van der Waals surface area contributed by atoms with Crippen LogP contribution in [0.1, 0.15) is 11.1 Å². The van der Waals surface area contributed by atoms with Gasteiger partial charge in [0, 0.05) is 5.69 Å². The van der Waals surface area contributed by atoms with Crippen LogP contribution in [-0.4, -0.2) is 26.2 Å². The first-order valence-corrected chi connectivity index (χ1v) is 5.07. The van der Waals surface area contributed by atoms with Crippen LogP contribution in [0.4, 0.5) is 5.69 Å². The lowest BCUT2D eigenvalue weighted by atomic mass is 10.0. The van der Waals surface area contributed by atoms with Crippen LogP contribution in [0.2, 0.25) is 0 Å². The largest absolute Gasteiger partial charge is 0.469 e. The van der Waals surface area contributed by atoms with E-state index in [1.165, 1.54) is 14.2 Å². The fourth-order valence-electron chi connectivity index (χ4n) is 1.39. The molecule has 0 aromatic heterocycles. The van der Waals surface area contributed by atoms with E-state index in [2.05, 4.69) is 9.47 Å². The van der Waals surface area contributed by atoms with Crippen LogP contribution < -0.4 is 5.73 Å². The van der Waals surface area contributed by atoms with E-state index in [9.17, 15) is 9.59 Å². The number of nitrogens with two attached hydrogens (primary N) is 1. The molecular formula is C12H15NO4. The molecule has 0 aliphatic carbocycles. The van der Waals surface area contributed by atoms with Crippen molar-refractivity contribution in [2.24, 2.45) is 0 Å². The van der Waals surface area contributed by atoms with Gasteiger partial charge in [-0.15, -0.1) is 0 Å². The van der Waals surface area contributed by atoms with Crippen LogP contribution in [0.3, 0.4) is 0 Å². The Balaban J connectivity index is 2.86. The zero-order valence-corrected chi connectivity index (χ0v) is 9.86. The number of nitrogen functional groups attached to an aromatic ring is 1. The molecule has 0 saturated carbocycles. The van der Waals surface area contributed by atoms with Crippen molar-refractivity contribution in [3.8, 4) is 0 Å². The van der Waals surface area contributed by atoms with Crippen molar-refractivity contribution in [3.63, 3.8) is 0 Å². The van der Waals surface area contributed by atoms with Gasteiger partial charge in [0.15, 0.2) is 0 Å². The molecule has 0 aliphatic rings. The number of anilines is 1. The van der Waals surface area contributed by atoms with Gasteiger partial charge >= 0.3 is 11.9 Å². The first-order chi connectivity index (χ1) is 8.06. The zero-order chi connectivity index (χ0) is 12.8. The fourth-order valence-corrected chi connectivity index (χ4v) is 1.39. The molecule has 1 aromatic rings. The van der Waals surface area contributed by atoms with Crippen LogP contribution in [0.25, 0.3) is 0 Å². The number of methoxy groups -OCH3 is 2. The first-order valence-electron chi connectivity index (χ1n) is 5.07. The number of rotatable bonds is 4. The second-order valence-electron chi connectivity index (χ2n) is 3.54. The molecule has 2 N–H and O–H groups in total. The van der Waals surface area contributed by atoms with Crippen molar-refractivity contribution < 1.29 is 19.1 Å². The van der Waals surface area contributed by atoms with E-state index in [0.717, 1.165) is 5.56 Å². The Labute approximate surface area is 99.5 Å². The van der Waals surface area contributed by atoms with E-state index in [1.807, 2.05) is 0 Å². The normalized spacial score (nSPS) is 9.76. The zero-order valence-electron chi connectivity index (χ0n) is 9.86. The molecule has 0 amide bonds. The summed E-state index contributed by atoms with van der Waals surface area (Å²) in [7, 11) is 2.64. The van der Waals surface area contributed by atoms with Crippen LogP contribution in [0.5, 0.6) is 0 Å². The molecule has 0 radical (unpaired) electrons. The molecule has 1 aromatic carbocycles. The number of carbonyl (C=O) groups is 2. The number of esters is 2. The average molecular weight is 237 g/mol. The van der Waals surface area contributed by atoms with Gasteiger partial charge in [-0.2, -0.15) is 0 Å². The summed E-state index contributed by atoms with van der Waals surface area (Å²) in [5, 5.41) is 0. The highest BCUT2D eigenvalue weighted by molar-refractivity contribution is 5.76. The van der Waals surface area contributed by atoms with Crippen molar-refractivity contribution in [2.75, 3.05) is 20.0 Å². The van der Waals surface area contributed by atoms with Gasteiger partial charge in [0.1, 0.15) is 0 Å². The Morgan fingerprint density at radius 2 is 1.71 bits per heavy atom. The maximum Gasteiger partial charge on any atom is 0.310 e. The van der Waals surface area contributed by atoms with Crippen LogP contribution >= 0.6 is 0 Å². The quantitative estimate of drug-likeness (QED) is 0.616. The highest BCUT2D eigenvalue weighted by atomic mass is 16.5. The Bertz CT molecular complexity index is 429. The molecular weight excluding hydrogens is 222 g/mol. The molecule has 0 aliphatic heterocycles. The van der Waals surface area contributed by atoms with Crippen molar-refractivity contribution >= 4 is 17.6 Å². The summed E-state index contributed by atoms with van der Waals surface area (Å²) in [6, 6.07) is 5.10. The number of carbonyl (C=O) groups excluding carboxylic acids is 2. The maximum atomic E-state index is 11.2. The molecule has 5 heteroatoms. The van der Waals surface area contributed by atoms with Crippen LogP contribution in [0.15, 0.2) is 18.2 Å². The van der Waals surface area contributed by atoms with Crippen molar-refractivity contribution in [1.82, 2.24) is 0 Å². The van der Waals surface area contributed by atoms with Gasteiger partial charge < -0.3 is 15.2 Å². The molecule has 0 heterocycles. The number of benzene rings is 1. The van der Waals surface area contributed by atoms with Gasteiger partial charge in [0.25, 0.3) is 0 Å². The molecule has 17 heavy (non-hydrogen) atoms. The van der Waals surface area contributed by atoms with E-state index >= 15 is 0 Å². The van der Waals surface area contributed by atoms with Crippen LogP contribution in [-0.2, 0) is 31.9 Å². The number of hydrogen-bond acceptors (Lipinski definition) is 5. The predicted octanol–water partition coefficient (Wildman–Crippen LogP) is 0.700. The lowest BCUT2D eigenvalue weighted by molar-refractivity contribution is -0.140. The number of hydrogen-bond donors (Lipinski definition) is 1. The minimum Gasteiger partial charge on any atom is -0.469 e. The second-order valence-corrected chi connectivity index (χ2v) is 3.54. The standard InChI is InChI=1S/C12H15NO4/c1-16-11(14)6-8-3-4-10(13)9(5-8)7-12(15)17-2/h3-5H,6-7,13H2,1-2H3. The molecule has 0 spiro atoms. The van der Waals surface area contributed by atoms with Gasteiger partial charge in [0.2, 0.25) is 0 Å². The summed E-state index contributed by atoms with van der Waals surface area (Å²) in [6.07, 6.45) is 0.252. The third kappa shape index (κ3) is 3.79. The first kappa shape index (κ1) is 13.0. The van der Waals surface area contributed by atoms with E-state index in [0.29, 0.717) is 11.3 Å². The Morgan fingerprint density at radius 3 is 2.29 bits per heavy atom. The number of ether oxygens (including phenoxy) is 2. The van der Waals surface area contributed by atoms with Crippen molar-refractivity contribution in [1.29, 1.82) is 0 Å². The highest BCUT2D eigenvalue weighted by Crippen LogP contribution is 2.16. The lowest BCUT2D eigenvalue weighted by Gasteiger charge is -2.07. The molecule has 0 saturated heterocycles. The van der Waals surface area contributed by atoms with Crippen molar-refractivity contribution in [3.05, 3.63) is 29.3 Å². The van der Waals surface area contributed by atoms with Gasteiger partial charge in [-0.25, -0.2) is 0 Å². The fraction of sp³-hybridized carbons (Fsp3) is 0.333. The summed E-state index contributed by atoms with van der Waals surface area (Å²) in [5.74, 6) is -0.703. The molecule has 0 bridgehead atoms.